The van der Waals surface area contributed by atoms with Gasteiger partial charge in [-0.05, 0) is 40.7 Å². The summed E-state index contributed by atoms with van der Waals surface area (Å²) in [7, 11) is 1.92. The number of nitrogens with one attached hydrogen (secondary N) is 1. The van der Waals surface area contributed by atoms with Crippen molar-refractivity contribution in [1.29, 1.82) is 0 Å². The van der Waals surface area contributed by atoms with Crippen molar-refractivity contribution in [1.82, 2.24) is 15.3 Å². The van der Waals surface area contributed by atoms with Crippen molar-refractivity contribution in [2.45, 2.75) is 6.54 Å². The number of aromatic nitrogens is 2. The Morgan fingerprint density at radius 3 is 2.41 bits per heavy atom. The molecule has 1 N–H and O–H groups in total. The fourth-order valence-corrected chi connectivity index (χ4v) is 1.54. The molecular weight excluding hydrogens is 282 g/mol. The largest absolute Gasteiger partial charge is 0.424 e. The normalized spacial score (nSPS) is 10.2. The Bertz CT molecular complexity index is 470. The van der Waals surface area contributed by atoms with E-state index in [1.54, 1.807) is 12.4 Å². The summed E-state index contributed by atoms with van der Waals surface area (Å²) in [6.07, 6.45) is 3.30. The summed E-state index contributed by atoms with van der Waals surface area (Å²) >= 11 is 3.27. The Labute approximate surface area is 108 Å². The van der Waals surface area contributed by atoms with E-state index in [2.05, 4.69) is 31.2 Å². The highest BCUT2D eigenvalue weighted by atomic mass is 79.9. The highest BCUT2D eigenvalue weighted by Gasteiger charge is 2.00. The molecule has 0 atom stereocenters. The van der Waals surface area contributed by atoms with E-state index in [9.17, 15) is 0 Å². The molecule has 0 fully saturated rings. The summed E-state index contributed by atoms with van der Waals surface area (Å²) in [5.74, 6) is 0.729. The quantitative estimate of drug-likeness (QED) is 0.942. The van der Waals surface area contributed by atoms with Crippen molar-refractivity contribution < 1.29 is 4.74 Å². The van der Waals surface area contributed by atoms with Gasteiger partial charge in [0.15, 0.2) is 0 Å². The molecule has 1 aromatic heterocycles. The summed E-state index contributed by atoms with van der Waals surface area (Å²) in [6.45, 7) is 0.842. The molecule has 0 aliphatic heterocycles. The van der Waals surface area contributed by atoms with Gasteiger partial charge in [-0.15, -0.1) is 0 Å². The molecule has 0 amide bonds. The van der Waals surface area contributed by atoms with Gasteiger partial charge in [-0.1, -0.05) is 12.1 Å². The van der Waals surface area contributed by atoms with E-state index in [1.807, 2.05) is 31.3 Å². The maximum Gasteiger partial charge on any atom is 0.321 e. The first-order valence-corrected chi connectivity index (χ1v) is 5.96. The number of benzene rings is 1. The van der Waals surface area contributed by atoms with Gasteiger partial charge in [0.2, 0.25) is 0 Å². The van der Waals surface area contributed by atoms with Crippen molar-refractivity contribution in [2.24, 2.45) is 0 Å². The molecule has 0 bridgehead atoms. The molecule has 5 heteroatoms. The molecule has 0 aliphatic rings. The minimum absolute atomic E-state index is 0.342. The van der Waals surface area contributed by atoms with Gasteiger partial charge >= 0.3 is 6.01 Å². The van der Waals surface area contributed by atoms with Gasteiger partial charge in [0.05, 0.1) is 4.47 Å². The Morgan fingerprint density at radius 2 is 1.82 bits per heavy atom. The second kappa shape index (κ2) is 5.75. The van der Waals surface area contributed by atoms with Crippen LogP contribution in [0.3, 0.4) is 0 Å². The van der Waals surface area contributed by atoms with Crippen LogP contribution in [-0.2, 0) is 6.54 Å². The van der Waals surface area contributed by atoms with Crippen LogP contribution in [0, 0.1) is 0 Å². The van der Waals surface area contributed by atoms with Crippen LogP contribution in [-0.4, -0.2) is 17.0 Å². The molecule has 0 unspecified atom stereocenters. The zero-order chi connectivity index (χ0) is 12.1. The standard InChI is InChI=1S/C12H12BrN3O/c1-14-6-9-2-4-11(5-3-9)17-12-15-7-10(13)8-16-12/h2-5,7-8,14H,6H2,1H3. The molecule has 2 rings (SSSR count). The number of nitrogens with zero attached hydrogens (tertiary/aromatic N) is 2. The number of ether oxygens (including phenoxy) is 1. The van der Waals surface area contributed by atoms with Crippen molar-refractivity contribution in [2.75, 3.05) is 7.05 Å². The first kappa shape index (κ1) is 12.0. The van der Waals surface area contributed by atoms with Gasteiger partial charge in [0, 0.05) is 18.9 Å². The van der Waals surface area contributed by atoms with E-state index in [1.165, 1.54) is 5.56 Å². The first-order valence-electron chi connectivity index (χ1n) is 5.17. The van der Waals surface area contributed by atoms with Crippen molar-refractivity contribution in [3.05, 3.63) is 46.7 Å². The Hall–Kier alpha value is -1.46. The maximum atomic E-state index is 5.50. The first-order chi connectivity index (χ1) is 8.28. The second-order valence-electron chi connectivity index (χ2n) is 3.46. The molecular formula is C12H12BrN3O. The van der Waals surface area contributed by atoms with E-state index < -0.39 is 0 Å². The minimum atomic E-state index is 0.342. The third-order valence-electron chi connectivity index (χ3n) is 2.11. The lowest BCUT2D eigenvalue weighted by Crippen LogP contribution is -2.04. The van der Waals surface area contributed by atoms with E-state index in [4.69, 9.17) is 4.74 Å². The van der Waals surface area contributed by atoms with E-state index >= 15 is 0 Å². The summed E-state index contributed by atoms with van der Waals surface area (Å²) in [5, 5.41) is 3.09. The van der Waals surface area contributed by atoms with Gasteiger partial charge in [-0.3, -0.25) is 0 Å². The molecule has 1 aromatic carbocycles. The summed E-state index contributed by atoms with van der Waals surface area (Å²) in [4.78, 5) is 8.08. The van der Waals surface area contributed by atoms with Crippen LogP contribution in [0.15, 0.2) is 41.1 Å². The van der Waals surface area contributed by atoms with Crippen molar-refractivity contribution in [3.63, 3.8) is 0 Å². The van der Waals surface area contributed by atoms with Crippen LogP contribution in [0.5, 0.6) is 11.8 Å². The monoisotopic (exact) mass is 293 g/mol. The van der Waals surface area contributed by atoms with Gasteiger partial charge in [-0.25, -0.2) is 9.97 Å². The average Bonchev–Trinajstić information content (AvgIpc) is 2.35. The van der Waals surface area contributed by atoms with Crippen molar-refractivity contribution >= 4 is 15.9 Å². The minimum Gasteiger partial charge on any atom is -0.424 e. The molecule has 4 nitrogen and oxygen atoms in total. The summed E-state index contributed by atoms with van der Waals surface area (Å²) in [5.41, 5.74) is 1.21. The lowest BCUT2D eigenvalue weighted by atomic mass is 10.2. The van der Waals surface area contributed by atoms with Crippen LogP contribution in [0.1, 0.15) is 5.56 Å². The molecule has 0 radical (unpaired) electrons. The molecule has 1 heterocycles. The molecule has 0 saturated heterocycles. The number of hydrogen-bond donors (Lipinski definition) is 1. The topological polar surface area (TPSA) is 47.0 Å². The third kappa shape index (κ3) is 3.51. The zero-order valence-electron chi connectivity index (χ0n) is 9.35. The molecule has 17 heavy (non-hydrogen) atoms. The lowest BCUT2D eigenvalue weighted by molar-refractivity contribution is 0.441. The number of halogens is 1. The molecule has 2 aromatic rings. The highest BCUT2D eigenvalue weighted by Crippen LogP contribution is 2.18. The fraction of sp³-hybridized carbons (Fsp3) is 0.167. The Morgan fingerprint density at radius 1 is 1.18 bits per heavy atom. The van der Waals surface area contributed by atoms with Crippen LogP contribution in [0.2, 0.25) is 0 Å². The lowest BCUT2D eigenvalue weighted by Gasteiger charge is -2.04. The number of hydrogen-bond acceptors (Lipinski definition) is 4. The van der Waals surface area contributed by atoms with Crippen LogP contribution in [0.4, 0.5) is 0 Å². The smallest absolute Gasteiger partial charge is 0.321 e. The van der Waals surface area contributed by atoms with Gasteiger partial charge in [0.25, 0.3) is 0 Å². The predicted octanol–water partition coefficient (Wildman–Crippen LogP) is 2.75. The summed E-state index contributed by atoms with van der Waals surface area (Å²) < 4.78 is 6.33. The van der Waals surface area contributed by atoms with E-state index in [0.717, 1.165) is 16.8 Å². The number of rotatable bonds is 4. The highest BCUT2D eigenvalue weighted by molar-refractivity contribution is 9.10. The van der Waals surface area contributed by atoms with Gasteiger partial charge < -0.3 is 10.1 Å². The Kier molecular flexibility index (Phi) is 4.06. The van der Waals surface area contributed by atoms with E-state index in [-0.39, 0.29) is 0 Å². The second-order valence-corrected chi connectivity index (χ2v) is 4.38. The Balaban J connectivity index is 2.05. The van der Waals surface area contributed by atoms with E-state index in [0.29, 0.717) is 6.01 Å². The SMILES string of the molecule is CNCc1ccc(Oc2ncc(Br)cn2)cc1. The summed E-state index contributed by atoms with van der Waals surface area (Å²) in [6, 6.07) is 8.15. The maximum absolute atomic E-state index is 5.50. The zero-order valence-corrected chi connectivity index (χ0v) is 10.9. The molecule has 0 spiro atoms. The molecule has 0 aliphatic carbocycles. The van der Waals surface area contributed by atoms with Crippen LogP contribution < -0.4 is 10.1 Å². The van der Waals surface area contributed by atoms with Crippen molar-refractivity contribution in [3.8, 4) is 11.8 Å². The van der Waals surface area contributed by atoms with Crippen LogP contribution >= 0.6 is 15.9 Å². The average molecular weight is 294 g/mol. The predicted molar refractivity (Wildman–Crippen MR) is 69.0 cm³/mol. The molecule has 0 saturated carbocycles. The van der Waals surface area contributed by atoms with Gasteiger partial charge in [0.1, 0.15) is 5.75 Å². The van der Waals surface area contributed by atoms with Gasteiger partial charge in [-0.2, -0.15) is 0 Å². The fourth-order valence-electron chi connectivity index (χ4n) is 1.34. The van der Waals surface area contributed by atoms with Crippen LogP contribution in [0.25, 0.3) is 0 Å². The molecule has 88 valence electrons. The third-order valence-corrected chi connectivity index (χ3v) is 2.52.